The summed E-state index contributed by atoms with van der Waals surface area (Å²) in [5.74, 6) is -4.00. The Kier molecular flexibility index (Phi) is 6.07. The molecule has 1 rings (SSSR count). The van der Waals surface area contributed by atoms with Gasteiger partial charge in [-0.3, -0.25) is 4.79 Å². The van der Waals surface area contributed by atoms with E-state index in [1.807, 2.05) is 0 Å². The lowest BCUT2D eigenvalue weighted by atomic mass is 10.3. The van der Waals surface area contributed by atoms with Crippen molar-refractivity contribution < 1.29 is 40.8 Å². The zero-order chi connectivity index (χ0) is 18.0. The molecule has 1 unspecified atom stereocenters. The number of rotatable bonds is 5. The predicted octanol–water partition coefficient (Wildman–Crippen LogP) is 2.07. The van der Waals surface area contributed by atoms with Crippen molar-refractivity contribution >= 4 is 49.6 Å². The van der Waals surface area contributed by atoms with Crippen LogP contribution in [0.2, 0.25) is 5.02 Å². The molecule has 0 heterocycles. The van der Waals surface area contributed by atoms with Gasteiger partial charge in [0.2, 0.25) is 0 Å². The van der Waals surface area contributed by atoms with Gasteiger partial charge in [-0.1, -0.05) is 27.5 Å². The Balaban J connectivity index is 2.96. The summed E-state index contributed by atoms with van der Waals surface area (Å²) in [6.07, 6.45) is 0. The maximum absolute atomic E-state index is 13.0. The van der Waals surface area contributed by atoms with Crippen LogP contribution in [0, 0.1) is 0 Å². The summed E-state index contributed by atoms with van der Waals surface area (Å²) in [5, 5.41) is -5.70. The molecule has 0 spiro atoms. The molecule has 0 N–H and O–H groups in total. The van der Waals surface area contributed by atoms with E-state index in [0.717, 1.165) is 18.2 Å². The molecule has 0 aliphatic heterocycles. The highest BCUT2D eigenvalue weighted by Crippen LogP contribution is 2.31. The third kappa shape index (κ3) is 4.83. The largest absolute Gasteiger partial charge is 0.743 e. The van der Waals surface area contributed by atoms with Gasteiger partial charge < -0.3 is 14.0 Å². The van der Waals surface area contributed by atoms with Gasteiger partial charge in [0, 0.05) is 6.07 Å². The number of esters is 2. The Morgan fingerprint density at radius 1 is 1.35 bits per heavy atom. The van der Waals surface area contributed by atoms with E-state index < -0.39 is 42.9 Å². The molecule has 0 radical (unpaired) electrons. The van der Waals surface area contributed by atoms with Crippen molar-refractivity contribution in [3.63, 3.8) is 0 Å². The molecule has 1 aromatic rings. The van der Waals surface area contributed by atoms with Gasteiger partial charge in [-0.2, -0.15) is 8.78 Å². The Bertz CT molecular complexity index is 736. The Hall–Kier alpha value is -1.30. The number of hydrogen-bond acceptors (Lipinski definition) is 7. The summed E-state index contributed by atoms with van der Waals surface area (Å²) < 4.78 is 65.8. The number of halogens is 4. The number of benzene rings is 1. The van der Waals surface area contributed by atoms with Crippen LogP contribution in [0.4, 0.5) is 8.78 Å². The number of carbonyl (C=O) groups is 2. The number of alkyl halides is 3. The molecule has 0 aliphatic carbocycles. The van der Waals surface area contributed by atoms with Crippen LogP contribution in [0.15, 0.2) is 18.2 Å². The quantitative estimate of drug-likeness (QED) is 0.301. The van der Waals surface area contributed by atoms with Crippen LogP contribution in [0.25, 0.3) is 0 Å². The highest BCUT2D eigenvalue weighted by Gasteiger charge is 2.49. The molecule has 0 aromatic heterocycles. The van der Waals surface area contributed by atoms with Crippen LogP contribution in [0.5, 0.6) is 11.5 Å². The van der Waals surface area contributed by atoms with Crippen molar-refractivity contribution in [2.75, 3.05) is 0 Å². The first-order valence-corrected chi connectivity index (χ1v) is 8.27. The first-order chi connectivity index (χ1) is 10.4. The molecule has 0 saturated carbocycles. The first kappa shape index (κ1) is 19.7. The van der Waals surface area contributed by atoms with Gasteiger partial charge in [-0.15, -0.1) is 0 Å². The molecule has 0 saturated heterocycles. The van der Waals surface area contributed by atoms with E-state index in [1.165, 1.54) is 6.92 Å². The van der Waals surface area contributed by atoms with Gasteiger partial charge in [0.15, 0.2) is 10.1 Å². The van der Waals surface area contributed by atoms with E-state index in [2.05, 4.69) is 20.7 Å². The number of hydrogen-bond donors (Lipinski definition) is 0. The molecular weight excluding hydrogens is 430 g/mol. The minimum atomic E-state index is -6.24. The summed E-state index contributed by atoms with van der Waals surface area (Å²) in [7, 11) is -6.24. The van der Waals surface area contributed by atoms with Crippen molar-refractivity contribution in [2.24, 2.45) is 0 Å². The van der Waals surface area contributed by atoms with Crippen LogP contribution in [0.3, 0.4) is 0 Å². The molecule has 0 fully saturated rings. The zero-order valence-corrected chi connectivity index (χ0v) is 14.2. The second kappa shape index (κ2) is 7.07. The van der Waals surface area contributed by atoms with E-state index in [1.54, 1.807) is 0 Å². The van der Waals surface area contributed by atoms with E-state index in [9.17, 15) is 31.3 Å². The smallest absolute Gasteiger partial charge is 0.429 e. The Morgan fingerprint density at radius 3 is 2.35 bits per heavy atom. The van der Waals surface area contributed by atoms with E-state index in [0.29, 0.717) is 0 Å². The van der Waals surface area contributed by atoms with Crippen molar-refractivity contribution in [1.82, 2.24) is 0 Å². The maximum Gasteiger partial charge on any atom is 0.429 e. The molecule has 128 valence electrons. The van der Waals surface area contributed by atoms with E-state index >= 15 is 0 Å². The summed E-state index contributed by atoms with van der Waals surface area (Å²) >= 11 is 8.60. The molecule has 1 atom stereocenters. The first-order valence-electron chi connectivity index (χ1n) is 5.57. The maximum atomic E-state index is 13.0. The van der Waals surface area contributed by atoms with Crippen molar-refractivity contribution in [2.45, 2.75) is 17.0 Å². The van der Waals surface area contributed by atoms with Crippen LogP contribution < -0.4 is 9.47 Å². The van der Waals surface area contributed by atoms with Crippen molar-refractivity contribution in [1.29, 1.82) is 0 Å². The zero-order valence-electron chi connectivity index (χ0n) is 11.1. The molecule has 7 nitrogen and oxygen atoms in total. The Labute approximate surface area is 142 Å². The summed E-state index contributed by atoms with van der Waals surface area (Å²) in [6.45, 7) is 1.49. The minimum Gasteiger partial charge on any atom is -0.743 e. The molecule has 23 heavy (non-hydrogen) atoms. The summed E-state index contributed by atoms with van der Waals surface area (Å²) in [5.41, 5.74) is 0. The predicted molar refractivity (Wildman–Crippen MR) is 75.8 cm³/mol. The van der Waals surface area contributed by atoms with Crippen LogP contribution in [-0.4, -0.2) is 35.0 Å². The fourth-order valence-electron chi connectivity index (χ4n) is 1.09. The normalized spacial score (nSPS) is 13.3. The molecule has 0 aliphatic rings. The third-order valence-electron chi connectivity index (χ3n) is 2.20. The van der Waals surface area contributed by atoms with Gasteiger partial charge >= 0.3 is 17.2 Å². The molecule has 1 aromatic carbocycles. The van der Waals surface area contributed by atoms with Gasteiger partial charge in [0.25, 0.3) is 0 Å². The lowest BCUT2D eigenvalue weighted by Crippen LogP contribution is -2.40. The highest BCUT2D eigenvalue weighted by molar-refractivity contribution is 9.10. The number of carbonyl (C=O) groups excluding carboxylic acids is 2. The molecule has 0 bridgehead atoms. The topological polar surface area (TPSA) is 110 Å². The monoisotopic (exact) mass is 435 g/mol. The lowest BCUT2D eigenvalue weighted by molar-refractivity contribution is -0.151. The number of ether oxygens (including phenoxy) is 2. The van der Waals surface area contributed by atoms with E-state index in [-0.39, 0.29) is 5.75 Å². The van der Waals surface area contributed by atoms with Crippen molar-refractivity contribution in [3.8, 4) is 11.5 Å². The van der Waals surface area contributed by atoms with Crippen LogP contribution >= 0.6 is 27.5 Å². The van der Waals surface area contributed by atoms with Gasteiger partial charge in [-0.25, -0.2) is 13.2 Å². The Morgan fingerprint density at radius 2 is 1.91 bits per heavy atom. The fraction of sp³-hybridized carbons (Fsp3) is 0.273. The van der Waals surface area contributed by atoms with Gasteiger partial charge in [0.05, 0.1) is 5.02 Å². The third-order valence-corrected chi connectivity index (χ3v) is 3.66. The highest BCUT2D eigenvalue weighted by atomic mass is 79.9. The van der Waals surface area contributed by atoms with Crippen molar-refractivity contribution in [3.05, 3.63) is 23.2 Å². The summed E-state index contributed by atoms with van der Waals surface area (Å²) in [6, 6.07) is 2.92. The second-order valence-electron chi connectivity index (χ2n) is 3.99. The van der Waals surface area contributed by atoms with Gasteiger partial charge in [-0.05, 0) is 19.1 Å². The van der Waals surface area contributed by atoms with Crippen LogP contribution in [-0.2, 0) is 19.7 Å². The lowest BCUT2D eigenvalue weighted by Gasteiger charge is -2.18. The SMILES string of the molecule is CC(Br)C(=O)Oc1ccc(OC(=O)C(F)(F)S(=O)(=O)[O-])c(Cl)c1. The fourth-order valence-corrected chi connectivity index (χ4v) is 1.63. The average molecular weight is 437 g/mol. The van der Waals surface area contributed by atoms with E-state index in [4.69, 9.17) is 16.3 Å². The van der Waals surface area contributed by atoms with Gasteiger partial charge in [0.1, 0.15) is 16.3 Å². The summed E-state index contributed by atoms with van der Waals surface area (Å²) in [4.78, 5) is 21.8. The molecule has 12 heteroatoms. The van der Waals surface area contributed by atoms with Crippen LogP contribution in [0.1, 0.15) is 6.92 Å². The average Bonchev–Trinajstić information content (AvgIpc) is 2.40. The molecule has 0 amide bonds. The standard InChI is InChI=1S/C11H8BrClF2O7S/c1-5(12)9(16)21-6-2-3-8(7(13)4-6)22-10(17)11(14,15)23(18,19)20/h2-5H,1H3,(H,18,19,20)/p-1. The molecular formula is C11H7BrClF2O7S-. The second-order valence-corrected chi connectivity index (χ2v) is 7.19. The minimum absolute atomic E-state index is 0.0747.